The Hall–Kier alpha value is -2.06. The number of pyridine rings is 1. The van der Waals surface area contributed by atoms with E-state index in [0.29, 0.717) is 18.4 Å². The van der Waals surface area contributed by atoms with Gasteiger partial charge in [-0.25, -0.2) is 18.1 Å². The predicted molar refractivity (Wildman–Crippen MR) is 108 cm³/mol. The summed E-state index contributed by atoms with van der Waals surface area (Å²) in [6.45, 7) is 0.615. The number of nitrogens with zero attached hydrogens (tertiary/aromatic N) is 3. The molecule has 2 fully saturated rings. The van der Waals surface area contributed by atoms with Gasteiger partial charge in [0.15, 0.2) is 0 Å². The molecule has 2 aliphatic carbocycles. The zero-order valence-electron chi connectivity index (χ0n) is 15.8. The van der Waals surface area contributed by atoms with Crippen LogP contribution in [0.25, 0.3) is 21.8 Å². The van der Waals surface area contributed by atoms with Gasteiger partial charge in [-0.1, -0.05) is 0 Å². The summed E-state index contributed by atoms with van der Waals surface area (Å²) in [6.07, 6.45) is 11.5. The van der Waals surface area contributed by atoms with Crippen molar-refractivity contribution in [2.24, 2.45) is 11.8 Å². The highest BCUT2D eigenvalue weighted by molar-refractivity contribution is 7.89. The van der Waals surface area contributed by atoms with Gasteiger partial charge in [0.2, 0.25) is 10.0 Å². The van der Waals surface area contributed by atoms with Gasteiger partial charge < -0.3 is 4.98 Å². The molecule has 0 bridgehead atoms. The Bertz CT molecular complexity index is 1100. The first-order valence-electron chi connectivity index (χ1n) is 10.1. The topological polar surface area (TPSA) is 101 Å². The third-order valence-electron chi connectivity index (χ3n) is 6.21. The van der Waals surface area contributed by atoms with E-state index in [1.54, 1.807) is 6.20 Å². The third kappa shape index (κ3) is 3.63. The molecule has 5 rings (SSSR count). The van der Waals surface area contributed by atoms with Crippen LogP contribution in [-0.4, -0.2) is 40.9 Å². The molecular weight excluding hydrogens is 374 g/mol. The fraction of sp³-hybridized carbons (Fsp3) is 0.550. The van der Waals surface area contributed by atoms with E-state index in [0.717, 1.165) is 66.0 Å². The summed E-state index contributed by atoms with van der Waals surface area (Å²) in [7, 11) is -3.16. The van der Waals surface area contributed by atoms with Gasteiger partial charge in [0.05, 0.1) is 17.6 Å². The molecule has 0 saturated heterocycles. The largest absolute Gasteiger partial charge is 0.346 e. The average Bonchev–Trinajstić information content (AvgIpc) is 3.41. The highest BCUT2D eigenvalue weighted by atomic mass is 32.2. The van der Waals surface area contributed by atoms with Crippen LogP contribution >= 0.6 is 0 Å². The molecule has 3 aromatic heterocycles. The number of fused-ring (bicyclic) bond motifs is 3. The minimum absolute atomic E-state index is 0.227. The molecule has 7 nitrogen and oxygen atoms in total. The summed E-state index contributed by atoms with van der Waals surface area (Å²) in [5.74, 6) is 1.36. The number of hydrogen-bond acceptors (Lipinski definition) is 5. The van der Waals surface area contributed by atoms with Crippen molar-refractivity contribution < 1.29 is 8.42 Å². The molecule has 3 aromatic rings. The summed E-state index contributed by atoms with van der Waals surface area (Å²) in [6, 6.07) is 2.04. The van der Waals surface area contributed by atoms with E-state index in [9.17, 15) is 8.42 Å². The molecule has 0 radical (unpaired) electrons. The van der Waals surface area contributed by atoms with Crippen LogP contribution in [0.15, 0.2) is 24.7 Å². The lowest BCUT2D eigenvalue weighted by molar-refractivity contribution is 0.344. The molecule has 0 aromatic carbocycles. The molecule has 8 heteroatoms. The van der Waals surface area contributed by atoms with Gasteiger partial charge in [0, 0.05) is 41.0 Å². The zero-order valence-corrected chi connectivity index (χ0v) is 16.6. The van der Waals surface area contributed by atoms with E-state index in [-0.39, 0.29) is 11.7 Å². The van der Waals surface area contributed by atoms with E-state index in [4.69, 9.17) is 0 Å². The fourth-order valence-electron chi connectivity index (χ4n) is 4.43. The summed E-state index contributed by atoms with van der Waals surface area (Å²) >= 11 is 0. The van der Waals surface area contributed by atoms with Gasteiger partial charge >= 0.3 is 0 Å². The molecule has 148 valence electrons. The molecule has 0 atom stereocenters. The maximum absolute atomic E-state index is 12.3. The van der Waals surface area contributed by atoms with E-state index < -0.39 is 10.0 Å². The number of rotatable bonds is 6. The molecule has 3 heterocycles. The van der Waals surface area contributed by atoms with Crippen LogP contribution < -0.4 is 4.72 Å². The smallest absolute Gasteiger partial charge is 0.211 e. The van der Waals surface area contributed by atoms with Crippen molar-refractivity contribution in [1.29, 1.82) is 0 Å². The maximum atomic E-state index is 12.3. The Balaban J connectivity index is 1.31. The number of sulfonamides is 1. The third-order valence-corrected chi connectivity index (χ3v) is 7.73. The zero-order chi connectivity index (χ0) is 19.1. The summed E-state index contributed by atoms with van der Waals surface area (Å²) in [4.78, 5) is 7.61. The van der Waals surface area contributed by atoms with Crippen molar-refractivity contribution in [1.82, 2.24) is 24.9 Å². The Labute approximate surface area is 164 Å². The van der Waals surface area contributed by atoms with Crippen LogP contribution in [0.4, 0.5) is 0 Å². The van der Waals surface area contributed by atoms with Crippen molar-refractivity contribution in [2.45, 2.75) is 44.4 Å². The molecule has 0 unspecified atom stereocenters. The maximum Gasteiger partial charge on any atom is 0.211 e. The molecule has 28 heavy (non-hydrogen) atoms. The van der Waals surface area contributed by atoms with Crippen molar-refractivity contribution in [2.75, 3.05) is 12.3 Å². The lowest BCUT2D eigenvalue weighted by atomic mass is 9.80. The number of nitrogens with one attached hydrogen (secondary N) is 2. The standard InChI is InChI=1S/C20H25N5O2S/c26-28(27,24-9-13-1-2-13)12-14-3-5-15(6-4-14)19-18-16(11-23-25-19)10-22-20-17(18)7-8-21-20/h7-8,10-11,13-15,24H,1-6,9,12H2,(H,21,22). The molecule has 2 saturated carbocycles. The van der Waals surface area contributed by atoms with Gasteiger partial charge in [-0.15, -0.1) is 0 Å². The highest BCUT2D eigenvalue weighted by Crippen LogP contribution is 2.39. The quantitative estimate of drug-likeness (QED) is 0.663. The van der Waals surface area contributed by atoms with Crippen molar-refractivity contribution >= 4 is 31.8 Å². The van der Waals surface area contributed by atoms with Crippen LogP contribution in [0, 0.1) is 11.8 Å². The van der Waals surface area contributed by atoms with E-state index in [2.05, 4.69) is 24.9 Å². The lowest BCUT2D eigenvalue weighted by Crippen LogP contribution is -2.32. The van der Waals surface area contributed by atoms with Gasteiger partial charge in [0.1, 0.15) is 5.65 Å². The minimum Gasteiger partial charge on any atom is -0.346 e. The highest BCUT2D eigenvalue weighted by Gasteiger charge is 2.30. The average molecular weight is 400 g/mol. The second-order valence-corrected chi connectivity index (χ2v) is 10.2. The van der Waals surface area contributed by atoms with Gasteiger partial charge in [-0.2, -0.15) is 10.2 Å². The Morgan fingerprint density at radius 2 is 1.86 bits per heavy atom. The number of aromatic nitrogens is 4. The molecule has 0 aliphatic heterocycles. The number of hydrogen-bond donors (Lipinski definition) is 2. The Morgan fingerprint density at radius 3 is 2.64 bits per heavy atom. The normalized spacial score (nSPS) is 23.4. The Kier molecular flexibility index (Phi) is 4.55. The van der Waals surface area contributed by atoms with Gasteiger partial charge in [-0.3, -0.25) is 0 Å². The van der Waals surface area contributed by atoms with E-state index in [1.165, 1.54) is 0 Å². The van der Waals surface area contributed by atoms with Crippen LogP contribution in [0.2, 0.25) is 0 Å². The fourth-order valence-corrected chi connectivity index (χ4v) is 6.00. The molecule has 0 amide bonds. The molecule has 0 spiro atoms. The first-order valence-corrected chi connectivity index (χ1v) is 11.8. The predicted octanol–water partition coefficient (Wildman–Crippen LogP) is 3.11. The van der Waals surface area contributed by atoms with Crippen molar-refractivity contribution in [3.8, 4) is 0 Å². The number of aromatic amines is 1. The van der Waals surface area contributed by atoms with Crippen molar-refractivity contribution in [3.63, 3.8) is 0 Å². The van der Waals surface area contributed by atoms with Gasteiger partial charge in [-0.05, 0) is 56.4 Å². The molecular formula is C20H25N5O2S. The van der Waals surface area contributed by atoms with Crippen LogP contribution in [0.5, 0.6) is 0 Å². The van der Waals surface area contributed by atoms with Crippen LogP contribution in [-0.2, 0) is 10.0 Å². The van der Waals surface area contributed by atoms with Crippen LogP contribution in [0.3, 0.4) is 0 Å². The minimum atomic E-state index is -3.16. The monoisotopic (exact) mass is 399 g/mol. The van der Waals surface area contributed by atoms with Crippen LogP contribution in [0.1, 0.15) is 50.1 Å². The molecule has 2 N–H and O–H groups in total. The summed E-state index contributed by atoms with van der Waals surface area (Å²) in [5.41, 5.74) is 1.89. The SMILES string of the molecule is O=S(=O)(CC1CCC(c2nncc3cnc4[nH]ccc4c23)CC1)NCC1CC1. The lowest BCUT2D eigenvalue weighted by Gasteiger charge is -2.28. The second kappa shape index (κ2) is 7.08. The van der Waals surface area contributed by atoms with Gasteiger partial charge in [0.25, 0.3) is 0 Å². The first kappa shape index (κ1) is 18.0. The Morgan fingerprint density at radius 1 is 1.07 bits per heavy atom. The molecule has 2 aliphatic rings. The second-order valence-electron chi connectivity index (χ2n) is 8.35. The first-order chi connectivity index (χ1) is 13.6. The van der Waals surface area contributed by atoms with E-state index in [1.807, 2.05) is 18.5 Å². The number of H-pyrrole nitrogens is 1. The summed E-state index contributed by atoms with van der Waals surface area (Å²) in [5, 5.41) is 11.9. The van der Waals surface area contributed by atoms with E-state index >= 15 is 0 Å². The summed E-state index contributed by atoms with van der Waals surface area (Å²) < 4.78 is 27.5. The van der Waals surface area contributed by atoms with Crippen molar-refractivity contribution in [3.05, 3.63) is 30.4 Å².